The van der Waals surface area contributed by atoms with Gasteiger partial charge in [0, 0.05) is 12.2 Å². The number of aryl methyl sites for hydroxylation is 1. The van der Waals surface area contributed by atoms with E-state index < -0.39 is 0 Å². The number of methoxy groups -OCH3 is 2. The Labute approximate surface area is 161 Å². The monoisotopic (exact) mass is 365 g/mol. The lowest BCUT2D eigenvalue weighted by molar-refractivity contribution is -0.117. The molecule has 1 amide bonds. The van der Waals surface area contributed by atoms with Crippen molar-refractivity contribution < 1.29 is 14.3 Å². The number of hydrogen-bond donors (Lipinski definition) is 0. The summed E-state index contributed by atoms with van der Waals surface area (Å²) in [5.41, 5.74) is 6.54. The number of likely N-dealkylation sites (N-methyl/N-ethyl adjacent to an activating group) is 1. The fourth-order valence-electron chi connectivity index (χ4n) is 4.42. The molecule has 0 bridgehead atoms. The Balaban J connectivity index is 1.94. The highest BCUT2D eigenvalue weighted by Gasteiger charge is 2.32. The van der Waals surface area contributed by atoms with E-state index in [4.69, 9.17) is 9.47 Å². The van der Waals surface area contributed by atoms with Gasteiger partial charge in [-0.3, -0.25) is 4.79 Å². The van der Waals surface area contributed by atoms with Gasteiger partial charge in [-0.05, 0) is 73.1 Å². The first kappa shape index (κ1) is 17.9. The maximum absolute atomic E-state index is 12.5. The minimum Gasteiger partial charge on any atom is -0.496 e. The second-order valence-electron chi connectivity index (χ2n) is 7.50. The fourth-order valence-corrected chi connectivity index (χ4v) is 4.42. The van der Waals surface area contributed by atoms with E-state index in [0.29, 0.717) is 18.9 Å². The smallest absolute Gasteiger partial charge is 0.231 e. The third-order valence-electron chi connectivity index (χ3n) is 6.09. The van der Waals surface area contributed by atoms with Crippen molar-refractivity contribution in [2.45, 2.75) is 45.4 Å². The van der Waals surface area contributed by atoms with E-state index in [1.165, 1.54) is 24.8 Å². The molecule has 1 aliphatic carbocycles. The van der Waals surface area contributed by atoms with E-state index >= 15 is 0 Å². The highest BCUT2D eigenvalue weighted by atomic mass is 16.5. The molecule has 1 saturated carbocycles. The summed E-state index contributed by atoms with van der Waals surface area (Å²) in [4.78, 5) is 14.4. The SMILES string of the molecule is CCN1C(=O)Cc2c1ccc(C)c2-c1c(OC)cc(C2CCC2)cc1OC. The highest BCUT2D eigenvalue weighted by Crippen LogP contribution is 2.49. The van der Waals surface area contributed by atoms with Crippen LogP contribution in [0.5, 0.6) is 11.5 Å². The average Bonchev–Trinajstić information content (AvgIpc) is 2.95. The molecule has 2 aromatic rings. The van der Waals surface area contributed by atoms with Gasteiger partial charge in [-0.15, -0.1) is 0 Å². The summed E-state index contributed by atoms with van der Waals surface area (Å²) in [6.07, 6.45) is 4.17. The lowest BCUT2D eigenvalue weighted by Gasteiger charge is -2.28. The summed E-state index contributed by atoms with van der Waals surface area (Å²) < 4.78 is 11.6. The number of nitrogens with zero attached hydrogens (tertiary/aromatic N) is 1. The maximum Gasteiger partial charge on any atom is 0.231 e. The number of carbonyl (C=O) groups excluding carboxylic acids is 1. The number of amides is 1. The van der Waals surface area contributed by atoms with E-state index in [9.17, 15) is 4.79 Å². The van der Waals surface area contributed by atoms with Gasteiger partial charge in [0.05, 0.1) is 26.2 Å². The molecule has 27 heavy (non-hydrogen) atoms. The lowest BCUT2D eigenvalue weighted by atomic mass is 9.79. The molecule has 0 spiro atoms. The van der Waals surface area contributed by atoms with Gasteiger partial charge < -0.3 is 14.4 Å². The van der Waals surface area contributed by atoms with Crippen LogP contribution in [0.2, 0.25) is 0 Å². The van der Waals surface area contributed by atoms with Crippen LogP contribution in [-0.4, -0.2) is 26.7 Å². The molecule has 1 heterocycles. The van der Waals surface area contributed by atoms with Crippen LogP contribution in [0.1, 0.15) is 48.8 Å². The van der Waals surface area contributed by atoms with E-state index in [-0.39, 0.29) is 5.91 Å². The summed E-state index contributed by atoms with van der Waals surface area (Å²) in [6.45, 7) is 4.79. The van der Waals surface area contributed by atoms with Crippen molar-refractivity contribution in [2.24, 2.45) is 0 Å². The Hall–Kier alpha value is -2.49. The van der Waals surface area contributed by atoms with Crippen molar-refractivity contribution in [3.05, 3.63) is 41.0 Å². The Kier molecular flexibility index (Phi) is 4.58. The van der Waals surface area contributed by atoms with Gasteiger partial charge in [-0.25, -0.2) is 0 Å². The number of rotatable bonds is 5. The molecular weight excluding hydrogens is 338 g/mol. The zero-order chi connectivity index (χ0) is 19.1. The van der Waals surface area contributed by atoms with Crippen LogP contribution in [0.15, 0.2) is 24.3 Å². The van der Waals surface area contributed by atoms with E-state index in [0.717, 1.165) is 39.4 Å². The van der Waals surface area contributed by atoms with Crippen LogP contribution in [0.3, 0.4) is 0 Å². The van der Waals surface area contributed by atoms with Crippen LogP contribution in [-0.2, 0) is 11.2 Å². The summed E-state index contributed by atoms with van der Waals surface area (Å²) >= 11 is 0. The highest BCUT2D eigenvalue weighted by molar-refractivity contribution is 6.05. The molecule has 0 aromatic heterocycles. The number of anilines is 1. The number of hydrogen-bond acceptors (Lipinski definition) is 3. The van der Waals surface area contributed by atoms with Gasteiger partial charge in [0.15, 0.2) is 0 Å². The van der Waals surface area contributed by atoms with Gasteiger partial charge in [-0.2, -0.15) is 0 Å². The first-order chi connectivity index (χ1) is 13.1. The second kappa shape index (κ2) is 6.91. The molecule has 0 radical (unpaired) electrons. The maximum atomic E-state index is 12.5. The Bertz CT molecular complexity index is 874. The molecule has 2 aromatic carbocycles. The third-order valence-corrected chi connectivity index (χ3v) is 6.09. The molecule has 1 aliphatic heterocycles. The number of ether oxygens (including phenoxy) is 2. The molecule has 0 saturated heterocycles. The molecule has 2 aliphatic rings. The van der Waals surface area contributed by atoms with E-state index in [1.807, 2.05) is 11.8 Å². The predicted octanol–water partition coefficient (Wildman–Crippen LogP) is 4.86. The zero-order valence-corrected chi connectivity index (χ0v) is 16.6. The van der Waals surface area contributed by atoms with Crippen LogP contribution in [0, 0.1) is 6.92 Å². The summed E-state index contributed by atoms with van der Waals surface area (Å²) in [5.74, 6) is 2.41. The largest absolute Gasteiger partial charge is 0.496 e. The second-order valence-corrected chi connectivity index (χ2v) is 7.50. The van der Waals surface area contributed by atoms with Gasteiger partial charge in [0.1, 0.15) is 11.5 Å². The number of carbonyl (C=O) groups is 1. The standard InChI is InChI=1S/C23H27NO3/c1-5-24-18-10-9-14(2)22(17(18)13-21(24)25)23-19(26-3)11-16(12-20(23)27-4)15-7-6-8-15/h9-12,15H,5-8,13H2,1-4H3. The van der Waals surface area contributed by atoms with Crippen LogP contribution < -0.4 is 14.4 Å². The van der Waals surface area contributed by atoms with Crippen molar-refractivity contribution in [2.75, 3.05) is 25.7 Å². The zero-order valence-electron chi connectivity index (χ0n) is 16.6. The van der Waals surface area contributed by atoms with Gasteiger partial charge >= 0.3 is 0 Å². The van der Waals surface area contributed by atoms with Crippen LogP contribution in [0.25, 0.3) is 11.1 Å². The Morgan fingerprint density at radius 2 is 1.74 bits per heavy atom. The minimum absolute atomic E-state index is 0.156. The normalized spacial score (nSPS) is 16.3. The van der Waals surface area contributed by atoms with Gasteiger partial charge in [-0.1, -0.05) is 12.5 Å². The quantitative estimate of drug-likeness (QED) is 0.760. The van der Waals surface area contributed by atoms with Crippen molar-refractivity contribution in [3.8, 4) is 22.6 Å². The topological polar surface area (TPSA) is 38.8 Å². The molecule has 4 nitrogen and oxygen atoms in total. The number of benzene rings is 2. The number of fused-ring (bicyclic) bond motifs is 1. The third kappa shape index (κ3) is 2.78. The summed E-state index contributed by atoms with van der Waals surface area (Å²) in [7, 11) is 3.43. The molecule has 142 valence electrons. The van der Waals surface area contributed by atoms with E-state index in [1.54, 1.807) is 14.2 Å². The molecule has 0 unspecified atom stereocenters. The summed E-state index contributed by atoms with van der Waals surface area (Å²) in [5, 5.41) is 0. The average molecular weight is 365 g/mol. The Morgan fingerprint density at radius 1 is 1.07 bits per heavy atom. The minimum atomic E-state index is 0.156. The van der Waals surface area contributed by atoms with E-state index in [2.05, 4.69) is 31.2 Å². The summed E-state index contributed by atoms with van der Waals surface area (Å²) in [6, 6.07) is 8.47. The molecular formula is C23H27NO3. The van der Waals surface area contributed by atoms with Gasteiger partial charge in [0.2, 0.25) is 5.91 Å². The predicted molar refractivity (Wildman–Crippen MR) is 108 cm³/mol. The first-order valence-electron chi connectivity index (χ1n) is 9.78. The van der Waals surface area contributed by atoms with Crippen LogP contribution >= 0.6 is 0 Å². The lowest BCUT2D eigenvalue weighted by Crippen LogP contribution is -2.25. The fraction of sp³-hybridized carbons (Fsp3) is 0.435. The van der Waals surface area contributed by atoms with Crippen molar-refractivity contribution in [1.29, 1.82) is 0 Å². The van der Waals surface area contributed by atoms with Crippen molar-refractivity contribution in [1.82, 2.24) is 0 Å². The molecule has 0 N–H and O–H groups in total. The molecule has 1 fully saturated rings. The van der Waals surface area contributed by atoms with Crippen LogP contribution in [0.4, 0.5) is 5.69 Å². The molecule has 0 atom stereocenters. The first-order valence-corrected chi connectivity index (χ1v) is 9.78. The van der Waals surface area contributed by atoms with Gasteiger partial charge in [0.25, 0.3) is 0 Å². The van der Waals surface area contributed by atoms with Crippen molar-refractivity contribution in [3.63, 3.8) is 0 Å². The Morgan fingerprint density at radius 3 is 2.26 bits per heavy atom. The molecule has 4 heteroatoms. The van der Waals surface area contributed by atoms with Crippen molar-refractivity contribution >= 4 is 11.6 Å². The molecule has 4 rings (SSSR count).